The molecule has 0 heterocycles. The molecule has 0 aromatic heterocycles. The number of carbonyl (C=O) groups excluding carboxylic acids is 1. The van der Waals surface area contributed by atoms with Crippen molar-refractivity contribution in [2.24, 2.45) is 10.9 Å². The van der Waals surface area contributed by atoms with E-state index in [1.165, 1.54) is 6.21 Å². The summed E-state index contributed by atoms with van der Waals surface area (Å²) in [7, 11) is 0. The van der Waals surface area contributed by atoms with E-state index < -0.39 is 11.7 Å². The summed E-state index contributed by atoms with van der Waals surface area (Å²) in [6, 6.07) is 0. The van der Waals surface area contributed by atoms with Crippen molar-refractivity contribution in [1.29, 1.82) is 0 Å². The van der Waals surface area contributed by atoms with Crippen LogP contribution in [0, 0.1) is 5.92 Å². The number of amides is 1. The molecule has 0 bridgehead atoms. The number of rotatable bonds is 2. The number of allylic oxidation sites excluding steroid dienone is 1. The molecule has 0 rings (SSSR count). The van der Waals surface area contributed by atoms with Gasteiger partial charge in [0, 0.05) is 12.1 Å². The predicted molar refractivity (Wildman–Crippen MR) is 54.1 cm³/mol. The van der Waals surface area contributed by atoms with Gasteiger partial charge in [0.25, 0.3) is 0 Å². The average molecular weight is 183 g/mol. The van der Waals surface area contributed by atoms with Gasteiger partial charge < -0.3 is 4.74 Å². The van der Waals surface area contributed by atoms with Gasteiger partial charge in [-0.15, -0.1) is 6.58 Å². The molecular weight excluding hydrogens is 166 g/mol. The SMILES string of the molecule is C=CC(C)C=NC(=O)OC(C)(C)C. The molecule has 13 heavy (non-hydrogen) atoms. The zero-order valence-corrected chi connectivity index (χ0v) is 8.70. The normalized spacial score (nSPS) is 14.2. The van der Waals surface area contributed by atoms with E-state index in [0.29, 0.717) is 0 Å². The molecule has 0 aromatic rings. The van der Waals surface area contributed by atoms with Crippen LogP contribution in [0.15, 0.2) is 17.6 Å². The van der Waals surface area contributed by atoms with Gasteiger partial charge in [0.1, 0.15) is 5.60 Å². The van der Waals surface area contributed by atoms with Gasteiger partial charge in [0.15, 0.2) is 0 Å². The smallest absolute Gasteiger partial charge is 0.433 e. The summed E-state index contributed by atoms with van der Waals surface area (Å²) in [4.78, 5) is 14.6. The minimum atomic E-state index is -0.554. The minimum absolute atomic E-state index is 0.0903. The van der Waals surface area contributed by atoms with Crippen molar-refractivity contribution in [3.63, 3.8) is 0 Å². The van der Waals surface area contributed by atoms with Gasteiger partial charge in [0.2, 0.25) is 0 Å². The molecule has 0 aliphatic heterocycles. The molecule has 3 nitrogen and oxygen atoms in total. The first-order valence-electron chi connectivity index (χ1n) is 4.25. The van der Waals surface area contributed by atoms with Crippen LogP contribution in [0.4, 0.5) is 4.79 Å². The first-order valence-corrected chi connectivity index (χ1v) is 4.25. The highest BCUT2D eigenvalue weighted by Gasteiger charge is 2.14. The van der Waals surface area contributed by atoms with Gasteiger partial charge >= 0.3 is 6.09 Å². The lowest BCUT2D eigenvalue weighted by Crippen LogP contribution is -2.22. The van der Waals surface area contributed by atoms with Crippen molar-refractivity contribution in [2.45, 2.75) is 33.3 Å². The van der Waals surface area contributed by atoms with Crippen LogP contribution in [0.2, 0.25) is 0 Å². The van der Waals surface area contributed by atoms with E-state index in [2.05, 4.69) is 11.6 Å². The summed E-state index contributed by atoms with van der Waals surface area (Å²) in [5.74, 6) is 0.0903. The van der Waals surface area contributed by atoms with Gasteiger partial charge in [-0.25, -0.2) is 4.79 Å². The van der Waals surface area contributed by atoms with Gasteiger partial charge in [0.05, 0.1) is 0 Å². The third kappa shape index (κ3) is 7.25. The van der Waals surface area contributed by atoms with E-state index in [9.17, 15) is 4.79 Å². The zero-order valence-electron chi connectivity index (χ0n) is 8.70. The molecule has 0 radical (unpaired) electrons. The highest BCUT2D eigenvalue weighted by molar-refractivity contribution is 5.80. The second-order valence-electron chi connectivity index (χ2n) is 3.85. The molecule has 0 aliphatic carbocycles. The fourth-order valence-electron chi connectivity index (χ4n) is 0.528. The standard InChI is InChI=1S/C10H17NO2/c1-6-8(2)7-11-9(12)13-10(3,4)5/h6-8H,1H2,2-5H3. The molecule has 1 atom stereocenters. The summed E-state index contributed by atoms with van der Waals surface area (Å²) in [5.41, 5.74) is -0.480. The third-order valence-electron chi connectivity index (χ3n) is 1.18. The maximum atomic E-state index is 11.0. The molecule has 0 N–H and O–H groups in total. The molecule has 0 aromatic carbocycles. The quantitative estimate of drug-likeness (QED) is 0.487. The predicted octanol–water partition coefficient (Wildman–Crippen LogP) is 2.81. The lowest BCUT2D eigenvalue weighted by Gasteiger charge is -2.17. The molecule has 0 saturated heterocycles. The number of nitrogens with zero attached hydrogens (tertiary/aromatic N) is 1. The number of carbonyl (C=O) groups is 1. The largest absolute Gasteiger partial charge is 0.442 e. The molecule has 3 heteroatoms. The summed E-state index contributed by atoms with van der Waals surface area (Å²) < 4.78 is 4.96. The molecule has 74 valence electrons. The summed E-state index contributed by atoms with van der Waals surface area (Å²) in [6.07, 6.45) is 2.66. The fourth-order valence-corrected chi connectivity index (χ4v) is 0.528. The Labute approximate surface area is 79.5 Å². The Kier molecular flexibility index (Phi) is 4.38. The Morgan fingerprint density at radius 2 is 2.08 bits per heavy atom. The molecular formula is C10H17NO2. The van der Waals surface area contributed by atoms with Crippen LogP contribution < -0.4 is 0 Å². The summed E-state index contributed by atoms with van der Waals surface area (Å²) >= 11 is 0. The number of ether oxygens (including phenoxy) is 1. The topological polar surface area (TPSA) is 38.7 Å². The van der Waals surface area contributed by atoms with Gasteiger partial charge in [-0.2, -0.15) is 4.99 Å². The third-order valence-corrected chi connectivity index (χ3v) is 1.18. The molecule has 1 unspecified atom stereocenters. The minimum Gasteiger partial charge on any atom is -0.442 e. The Hall–Kier alpha value is -1.12. The Morgan fingerprint density at radius 3 is 2.46 bits per heavy atom. The van der Waals surface area contributed by atoms with Gasteiger partial charge in [-0.05, 0) is 20.8 Å². The second kappa shape index (κ2) is 4.80. The Balaban J connectivity index is 4.02. The van der Waals surface area contributed by atoms with Crippen LogP contribution in [-0.4, -0.2) is 17.9 Å². The van der Waals surface area contributed by atoms with Gasteiger partial charge in [-0.1, -0.05) is 13.0 Å². The zero-order chi connectivity index (χ0) is 10.5. The van der Waals surface area contributed by atoms with Gasteiger partial charge in [-0.3, -0.25) is 0 Å². The van der Waals surface area contributed by atoms with Crippen molar-refractivity contribution >= 4 is 12.3 Å². The highest BCUT2D eigenvalue weighted by Crippen LogP contribution is 2.07. The monoisotopic (exact) mass is 183 g/mol. The first-order chi connectivity index (χ1) is 5.85. The fraction of sp³-hybridized carbons (Fsp3) is 0.600. The lowest BCUT2D eigenvalue weighted by molar-refractivity contribution is 0.0604. The lowest BCUT2D eigenvalue weighted by atomic mass is 10.2. The Morgan fingerprint density at radius 1 is 1.54 bits per heavy atom. The maximum absolute atomic E-state index is 11.0. The first kappa shape index (κ1) is 11.9. The Bertz CT molecular complexity index is 213. The van der Waals surface area contributed by atoms with Crippen molar-refractivity contribution in [3.8, 4) is 0 Å². The summed E-state index contributed by atoms with van der Waals surface area (Å²) in [5, 5.41) is 0. The molecule has 0 fully saturated rings. The number of hydrogen-bond acceptors (Lipinski definition) is 2. The van der Waals surface area contributed by atoms with E-state index in [0.717, 1.165) is 0 Å². The maximum Gasteiger partial charge on any atom is 0.433 e. The van der Waals surface area contributed by atoms with Crippen LogP contribution in [0.25, 0.3) is 0 Å². The van der Waals surface area contributed by atoms with Crippen molar-refractivity contribution < 1.29 is 9.53 Å². The van der Waals surface area contributed by atoms with E-state index >= 15 is 0 Å². The van der Waals surface area contributed by atoms with Crippen LogP contribution in [0.3, 0.4) is 0 Å². The molecule has 1 amide bonds. The molecule has 0 aliphatic rings. The van der Waals surface area contributed by atoms with Crippen LogP contribution in [0.1, 0.15) is 27.7 Å². The van der Waals surface area contributed by atoms with E-state index in [4.69, 9.17) is 4.74 Å². The number of aliphatic imine (C=N–C) groups is 1. The molecule has 0 spiro atoms. The van der Waals surface area contributed by atoms with Crippen LogP contribution >= 0.6 is 0 Å². The van der Waals surface area contributed by atoms with Crippen LogP contribution in [0.5, 0.6) is 0 Å². The average Bonchev–Trinajstić information content (AvgIpc) is 1.97. The number of hydrogen-bond donors (Lipinski definition) is 0. The molecule has 0 saturated carbocycles. The van der Waals surface area contributed by atoms with Crippen LogP contribution in [-0.2, 0) is 4.74 Å². The van der Waals surface area contributed by atoms with Crippen molar-refractivity contribution in [2.75, 3.05) is 0 Å². The highest BCUT2D eigenvalue weighted by atomic mass is 16.6. The second-order valence-corrected chi connectivity index (χ2v) is 3.85. The van der Waals surface area contributed by atoms with E-state index in [1.54, 1.807) is 26.8 Å². The van der Waals surface area contributed by atoms with Crippen molar-refractivity contribution in [3.05, 3.63) is 12.7 Å². The van der Waals surface area contributed by atoms with E-state index in [-0.39, 0.29) is 5.92 Å². The summed E-state index contributed by atoms with van der Waals surface area (Å²) in [6.45, 7) is 10.9. The van der Waals surface area contributed by atoms with E-state index in [1.807, 2.05) is 6.92 Å². The van der Waals surface area contributed by atoms with Crippen molar-refractivity contribution in [1.82, 2.24) is 0 Å².